The van der Waals surface area contributed by atoms with Crippen LogP contribution in [0.1, 0.15) is 23.2 Å². The topological polar surface area (TPSA) is 60.2 Å². The van der Waals surface area contributed by atoms with Crippen LogP contribution in [0.5, 0.6) is 5.75 Å². The summed E-state index contributed by atoms with van der Waals surface area (Å²) in [5, 5.41) is 7.19. The molecule has 3 rings (SSSR count). The average Bonchev–Trinajstić information content (AvgIpc) is 3.02. The molecule has 0 bridgehead atoms. The Morgan fingerprint density at radius 3 is 3.11 bits per heavy atom. The van der Waals surface area contributed by atoms with E-state index in [4.69, 9.17) is 9.26 Å². The van der Waals surface area contributed by atoms with Gasteiger partial charge >= 0.3 is 0 Å². The summed E-state index contributed by atoms with van der Waals surface area (Å²) >= 11 is 0. The molecule has 2 aromatic rings. The van der Waals surface area contributed by atoms with Gasteiger partial charge in [0.1, 0.15) is 5.75 Å². The fourth-order valence-electron chi connectivity index (χ4n) is 2.31. The van der Waals surface area contributed by atoms with Crippen LogP contribution in [0.25, 0.3) is 0 Å². The van der Waals surface area contributed by atoms with Gasteiger partial charge in [-0.15, -0.1) is 0 Å². The molecule has 0 fully saturated rings. The van der Waals surface area contributed by atoms with E-state index in [2.05, 4.69) is 27.6 Å². The predicted octanol–water partition coefficient (Wildman–Crippen LogP) is 1.69. The van der Waals surface area contributed by atoms with Crippen LogP contribution in [-0.2, 0) is 6.42 Å². The zero-order chi connectivity index (χ0) is 13.1. The van der Waals surface area contributed by atoms with Crippen LogP contribution in [0, 0.1) is 6.92 Å². The maximum atomic E-state index is 5.65. The minimum atomic E-state index is 0.431. The standard InChI is InChI=1S/C14H17N3O2/c1-10-16-14(19-17-10)6-7-15-8-11-9-18-13-5-3-2-4-12(11)13/h2-5,11,15H,6-9H2,1H3. The molecule has 1 aliphatic heterocycles. The van der Waals surface area contributed by atoms with Gasteiger partial charge in [-0.2, -0.15) is 4.98 Å². The molecule has 1 aliphatic rings. The molecule has 1 aromatic carbocycles. The van der Waals surface area contributed by atoms with Crippen molar-refractivity contribution in [2.45, 2.75) is 19.3 Å². The molecule has 0 radical (unpaired) electrons. The van der Waals surface area contributed by atoms with Crippen LogP contribution in [-0.4, -0.2) is 29.8 Å². The number of aromatic nitrogens is 2. The maximum absolute atomic E-state index is 5.65. The number of benzene rings is 1. The second-order valence-electron chi connectivity index (χ2n) is 4.74. The number of nitrogens with zero attached hydrogens (tertiary/aromatic N) is 2. The van der Waals surface area contributed by atoms with Crippen molar-refractivity contribution >= 4 is 0 Å². The molecule has 0 spiro atoms. The molecular formula is C14H17N3O2. The molecule has 5 heteroatoms. The van der Waals surface area contributed by atoms with Crippen LogP contribution in [0.2, 0.25) is 0 Å². The Bertz CT molecular complexity index is 553. The number of hydrogen-bond acceptors (Lipinski definition) is 5. The van der Waals surface area contributed by atoms with Gasteiger partial charge in [0.05, 0.1) is 6.61 Å². The highest BCUT2D eigenvalue weighted by Crippen LogP contribution is 2.32. The summed E-state index contributed by atoms with van der Waals surface area (Å²) in [6, 6.07) is 8.22. The molecule has 1 N–H and O–H groups in total. The molecule has 100 valence electrons. The van der Waals surface area contributed by atoms with E-state index in [0.717, 1.165) is 31.9 Å². The van der Waals surface area contributed by atoms with Gasteiger partial charge in [-0.05, 0) is 13.0 Å². The number of para-hydroxylation sites is 1. The smallest absolute Gasteiger partial charge is 0.227 e. The lowest BCUT2D eigenvalue weighted by molar-refractivity contribution is 0.325. The van der Waals surface area contributed by atoms with Crippen LogP contribution in [0.4, 0.5) is 0 Å². The van der Waals surface area contributed by atoms with E-state index in [0.29, 0.717) is 17.6 Å². The van der Waals surface area contributed by atoms with Crippen molar-refractivity contribution < 1.29 is 9.26 Å². The van der Waals surface area contributed by atoms with Crippen molar-refractivity contribution in [3.8, 4) is 5.75 Å². The van der Waals surface area contributed by atoms with Crippen molar-refractivity contribution in [1.29, 1.82) is 0 Å². The first-order valence-corrected chi connectivity index (χ1v) is 6.54. The monoisotopic (exact) mass is 259 g/mol. The van der Waals surface area contributed by atoms with E-state index < -0.39 is 0 Å². The number of aryl methyl sites for hydroxylation is 1. The minimum Gasteiger partial charge on any atom is -0.493 e. The van der Waals surface area contributed by atoms with E-state index in [-0.39, 0.29) is 0 Å². The molecule has 5 nitrogen and oxygen atoms in total. The second-order valence-corrected chi connectivity index (χ2v) is 4.74. The van der Waals surface area contributed by atoms with E-state index in [1.54, 1.807) is 0 Å². The lowest BCUT2D eigenvalue weighted by atomic mass is 10.0. The molecular weight excluding hydrogens is 242 g/mol. The first kappa shape index (κ1) is 12.2. The van der Waals surface area contributed by atoms with E-state index >= 15 is 0 Å². The van der Waals surface area contributed by atoms with E-state index in [1.807, 2.05) is 19.1 Å². The summed E-state index contributed by atoms with van der Waals surface area (Å²) in [6.07, 6.45) is 0.760. The molecule has 0 aliphatic carbocycles. The molecule has 0 saturated heterocycles. The third kappa shape index (κ3) is 2.76. The van der Waals surface area contributed by atoms with Crippen molar-refractivity contribution in [1.82, 2.24) is 15.5 Å². The second kappa shape index (κ2) is 5.40. The Kier molecular flexibility index (Phi) is 3.46. The van der Waals surface area contributed by atoms with Gasteiger partial charge in [0.25, 0.3) is 0 Å². The van der Waals surface area contributed by atoms with Gasteiger partial charge in [0, 0.05) is 31.0 Å². The van der Waals surface area contributed by atoms with Crippen molar-refractivity contribution in [3.05, 3.63) is 41.5 Å². The van der Waals surface area contributed by atoms with E-state index in [9.17, 15) is 0 Å². The number of hydrogen-bond donors (Lipinski definition) is 1. The third-order valence-electron chi connectivity index (χ3n) is 3.27. The van der Waals surface area contributed by atoms with Crippen LogP contribution in [0.3, 0.4) is 0 Å². The van der Waals surface area contributed by atoms with Gasteiger partial charge in [-0.1, -0.05) is 23.4 Å². The highest BCUT2D eigenvalue weighted by atomic mass is 16.5. The average molecular weight is 259 g/mol. The summed E-state index contributed by atoms with van der Waals surface area (Å²) in [5.41, 5.74) is 1.30. The molecule has 0 amide bonds. The molecule has 1 aromatic heterocycles. The van der Waals surface area contributed by atoms with Gasteiger partial charge in [0.15, 0.2) is 5.82 Å². The first-order valence-electron chi connectivity index (χ1n) is 6.54. The molecule has 1 unspecified atom stereocenters. The highest BCUT2D eigenvalue weighted by molar-refractivity contribution is 5.39. The molecule has 19 heavy (non-hydrogen) atoms. The zero-order valence-corrected chi connectivity index (χ0v) is 10.9. The molecule has 1 atom stereocenters. The first-order chi connectivity index (χ1) is 9.33. The molecule has 0 saturated carbocycles. The van der Waals surface area contributed by atoms with Gasteiger partial charge < -0.3 is 14.6 Å². The Hall–Kier alpha value is -1.88. The Morgan fingerprint density at radius 1 is 1.37 bits per heavy atom. The zero-order valence-electron chi connectivity index (χ0n) is 10.9. The summed E-state index contributed by atoms with van der Waals surface area (Å²) < 4.78 is 10.7. The van der Waals surface area contributed by atoms with Crippen LogP contribution >= 0.6 is 0 Å². The largest absolute Gasteiger partial charge is 0.493 e. The van der Waals surface area contributed by atoms with Gasteiger partial charge in [0.2, 0.25) is 5.89 Å². The minimum absolute atomic E-state index is 0.431. The molecule has 2 heterocycles. The summed E-state index contributed by atoms with van der Waals surface area (Å²) in [4.78, 5) is 4.17. The normalized spacial score (nSPS) is 17.2. The van der Waals surface area contributed by atoms with Crippen molar-refractivity contribution in [2.75, 3.05) is 19.7 Å². The Morgan fingerprint density at radius 2 is 2.26 bits per heavy atom. The fourth-order valence-corrected chi connectivity index (χ4v) is 2.31. The number of nitrogens with one attached hydrogen (secondary N) is 1. The number of ether oxygens (including phenoxy) is 1. The fraction of sp³-hybridized carbons (Fsp3) is 0.429. The number of rotatable bonds is 5. The van der Waals surface area contributed by atoms with Crippen molar-refractivity contribution in [2.24, 2.45) is 0 Å². The lowest BCUT2D eigenvalue weighted by Crippen LogP contribution is -2.24. The van der Waals surface area contributed by atoms with Crippen LogP contribution in [0.15, 0.2) is 28.8 Å². The van der Waals surface area contributed by atoms with E-state index in [1.165, 1.54) is 5.56 Å². The lowest BCUT2D eigenvalue weighted by Gasteiger charge is -2.09. The third-order valence-corrected chi connectivity index (χ3v) is 3.27. The quantitative estimate of drug-likeness (QED) is 0.828. The summed E-state index contributed by atoms with van der Waals surface area (Å²) in [7, 11) is 0. The van der Waals surface area contributed by atoms with Crippen LogP contribution < -0.4 is 10.1 Å². The van der Waals surface area contributed by atoms with Crippen molar-refractivity contribution in [3.63, 3.8) is 0 Å². The Labute approximate surface area is 112 Å². The summed E-state index contributed by atoms with van der Waals surface area (Å²) in [6.45, 7) is 4.32. The van der Waals surface area contributed by atoms with Gasteiger partial charge in [-0.3, -0.25) is 0 Å². The Balaban J connectivity index is 1.46. The predicted molar refractivity (Wildman–Crippen MR) is 70.3 cm³/mol. The SMILES string of the molecule is Cc1noc(CCNCC2COc3ccccc32)n1. The maximum Gasteiger partial charge on any atom is 0.227 e. The van der Waals surface area contributed by atoms with Gasteiger partial charge in [-0.25, -0.2) is 0 Å². The summed E-state index contributed by atoms with van der Waals surface area (Å²) in [5.74, 6) is 2.82. The highest BCUT2D eigenvalue weighted by Gasteiger charge is 2.22. The number of fused-ring (bicyclic) bond motifs is 1.